The molecule has 0 amide bonds. The van der Waals surface area contributed by atoms with Gasteiger partial charge in [-0.25, -0.2) is 0 Å². The predicted octanol–water partition coefficient (Wildman–Crippen LogP) is 3.78. The molecule has 0 saturated heterocycles. The third kappa shape index (κ3) is 4.84. The van der Waals surface area contributed by atoms with Crippen LogP contribution in [0.15, 0.2) is 24.3 Å². The van der Waals surface area contributed by atoms with Gasteiger partial charge in [-0.05, 0) is 24.0 Å². The average Bonchev–Trinajstić information content (AvgIpc) is 2.34. The van der Waals surface area contributed by atoms with Crippen molar-refractivity contribution in [2.45, 2.75) is 45.0 Å². The SMILES string of the molecule is CC(C)c1ccc(C(N)COC(C)C(F)(F)F)cc1. The molecule has 0 bridgehead atoms. The van der Waals surface area contributed by atoms with Crippen LogP contribution in [0.1, 0.15) is 43.9 Å². The van der Waals surface area contributed by atoms with Crippen LogP contribution in [0.3, 0.4) is 0 Å². The van der Waals surface area contributed by atoms with E-state index in [9.17, 15) is 13.2 Å². The van der Waals surface area contributed by atoms with Crippen molar-refractivity contribution in [1.82, 2.24) is 0 Å². The van der Waals surface area contributed by atoms with E-state index >= 15 is 0 Å². The molecule has 0 aromatic heterocycles. The van der Waals surface area contributed by atoms with Crippen LogP contribution < -0.4 is 5.73 Å². The van der Waals surface area contributed by atoms with Crippen molar-refractivity contribution in [3.8, 4) is 0 Å². The molecule has 2 unspecified atom stereocenters. The lowest BCUT2D eigenvalue weighted by atomic mass is 9.99. The Balaban J connectivity index is 2.56. The molecule has 1 aromatic rings. The van der Waals surface area contributed by atoms with Gasteiger partial charge in [-0.3, -0.25) is 0 Å². The van der Waals surface area contributed by atoms with Crippen LogP contribution in [-0.4, -0.2) is 18.9 Å². The van der Waals surface area contributed by atoms with Gasteiger partial charge < -0.3 is 10.5 Å². The number of hydrogen-bond acceptors (Lipinski definition) is 2. The molecule has 5 heteroatoms. The topological polar surface area (TPSA) is 35.2 Å². The molecule has 2 atom stereocenters. The van der Waals surface area contributed by atoms with Crippen LogP contribution in [0.25, 0.3) is 0 Å². The Kier molecular flexibility index (Phi) is 5.38. The largest absolute Gasteiger partial charge is 0.414 e. The maximum absolute atomic E-state index is 12.3. The van der Waals surface area contributed by atoms with E-state index < -0.39 is 18.3 Å². The summed E-state index contributed by atoms with van der Waals surface area (Å²) in [6.07, 6.45) is -6.14. The molecule has 19 heavy (non-hydrogen) atoms. The molecule has 1 aromatic carbocycles. The van der Waals surface area contributed by atoms with E-state index in [4.69, 9.17) is 10.5 Å². The number of ether oxygens (including phenoxy) is 1. The summed E-state index contributed by atoms with van der Waals surface area (Å²) in [5.41, 5.74) is 7.76. The van der Waals surface area contributed by atoms with Crippen molar-refractivity contribution in [2.75, 3.05) is 6.61 Å². The Labute approximate surface area is 111 Å². The molecule has 2 nitrogen and oxygen atoms in total. The molecule has 2 N–H and O–H groups in total. The number of hydrogen-bond donors (Lipinski definition) is 1. The second-order valence-corrected chi connectivity index (χ2v) is 4.95. The molecule has 0 spiro atoms. The molecule has 0 aliphatic heterocycles. The van der Waals surface area contributed by atoms with E-state index in [2.05, 4.69) is 13.8 Å². The van der Waals surface area contributed by atoms with Gasteiger partial charge in [0.25, 0.3) is 0 Å². The first kappa shape index (κ1) is 16.0. The maximum atomic E-state index is 12.3. The number of benzene rings is 1. The van der Waals surface area contributed by atoms with Gasteiger partial charge in [-0.2, -0.15) is 13.2 Å². The van der Waals surface area contributed by atoms with Gasteiger partial charge in [0.15, 0.2) is 6.10 Å². The Hall–Kier alpha value is -1.07. The molecule has 0 saturated carbocycles. The molecular weight excluding hydrogens is 255 g/mol. The van der Waals surface area contributed by atoms with Crippen molar-refractivity contribution in [2.24, 2.45) is 5.73 Å². The van der Waals surface area contributed by atoms with E-state index in [1.165, 1.54) is 5.56 Å². The second-order valence-electron chi connectivity index (χ2n) is 4.95. The standard InChI is InChI=1S/C14H20F3NO/c1-9(2)11-4-6-12(7-5-11)13(18)8-19-10(3)14(15,16)17/h4-7,9-10,13H,8,18H2,1-3H3. The normalized spacial score (nSPS) is 15.6. The van der Waals surface area contributed by atoms with Crippen molar-refractivity contribution in [1.29, 1.82) is 0 Å². The summed E-state index contributed by atoms with van der Waals surface area (Å²) in [7, 11) is 0. The van der Waals surface area contributed by atoms with Crippen molar-refractivity contribution in [3.63, 3.8) is 0 Å². The Morgan fingerprint density at radius 2 is 1.53 bits per heavy atom. The smallest absolute Gasteiger partial charge is 0.367 e. The fourth-order valence-electron chi connectivity index (χ4n) is 1.57. The number of nitrogens with two attached hydrogens (primary N) is 1. The van der Waals surface area contributed by atoms with E-state index in [1.807, 2.05) is 24.3 Å². The monoisotopic (exact) mass is 275 g/mol. The van der Waals surface area contributed by atoms with Gasteiger partial charge in [-0.1, -0.05) is 38.1 Å². The molecule has 0 radical (unpaired) electrons. The first-order valence-electron chi connectivity index (χ1n) is 6.25. The Morgan fingerprint density at radius 3 is 1.95 bits per heavy atom. The predicted molar refractivity (Wildman–Crippen MR) is 68.9 cm³/mol. The first-order valence-corrected chi connectivity index (χ1v) is 6.25. The zero-order chi connectivity index (χ0) is 14.6. The van der Waals surface area contributed by atoms with Crippen LogP contribution >= 0.6 is 0 Å². The minimum Gasteiger partial charge on any atom is -0.367 e. The number of alkyl halides is 3. The lowest BCUT2D eigenvalue weighted by Crippen LogP contribution is -2.31. The molecule has 1 rings (SSSR count). The van der Waals surface area contributed by atoms with Gasteiger partial charge in [0.2, 0.25) is 0 Å². The van der Waals surface area contributed by atoms with Gasteiger partial charge in [0, 0.05) is 0 Å². The first-order chi connectivity index (χ1) is 8.71. The van der Waals surface area contributed by atoms with Gasteiger partial charge in [0.1, 0.15) is 0 Å². The van der Waals surface area contributed by atoms with Crippen molar-refractivity contribution >= 4 is 0 Å². The fraction of sp³-hybridized carbons (Fsp3) is 0.571. The van der Waals surface area contributed by atoms with E-state index in [1.54, 1.807) is 0 Å². The average molecular weight is 275 g/mol. The zero-order valence-electron chi connectivity index (χ0n) is 11.4. The summed E-state index contributed by atoms with van der Waals surface area (Å²) in [4.78, 5) is 0. The zero-order valence-corrected chi connectivity index (χ0v) is 11.4. The number of halogens is 3. The summed E-state index contributed by atoms with van der Waals surface area (Å²) < 4.78 is 41.6. The third-order valence-electron chi connectivity index (χ3n) is 3.02. The van der Waals surface area contributed by atoms with Crippen LogP contribution in [0.5, 0.6) is 0 Å². The van der Waals surface area contributed by atoms with Gasteiger partial charge in [-0.15, -0.1) is 0 Å². The maximum Gasteiger partial charge on any atom is 0.414 e. The minimum absolute atomic E-state index is 0.151. The quantitative estimate of drug-likeness (QED) is 0.887. The van der Waals surface area contributed by atoms with Gasteiger partial charge in [0.05, 0.1) is 12.6 Å². The molecular formula is C14H20F3NO. The fourth-order valence-corrected chi connectivity index (χ4v) is 1.57. The minimum atomic E-state index is -4.35. The summed E-state index contributed by atoms with van der Waals surface area (Å²) in [6.45, 7) is 4.97. The molecule has 0 fully saturated rings. The summed E-state index contributed by atoms with van der Waals surface area (Å²) in [5, 5.41) is 0. The third-order valence-corrected chi connectivity index (χ3v) is 3.02. The molecule has 108 valence electrons. The highest BCUT2D eigenvalue weighted by Crippen LogP contribution is 2.24. The lowest BCUT2D eigenvalue weighted by molar-refractivity contribution is -0.215. The second kappa shape index (κ2) is 6.39. The van der Waals surface area contributed by atoms with E-state index in [0.29, 0.717) is 5.92 Å². The lowest BCUT2D eigenvalue weighted by Gasteiger charge is -2.19. The summed E-state index contributed by atoms with van der Waals surface area (Å²) >= 11 is 0. The molecule has 0 aliphatic rings. The van der Waals surface area contributed by atoms with Crippen LogP contribution in [-0.2, 0) is 4.74 Å². The number of rotatable bonds is 5. The highest BCUT2D eigenvalue weighted by atomic mass is 19.4. The Morgan fingerprint density at radius 1 is 1.05 bits per heavy atom. The van der Waals surface area contributed by atoms with Gasteiger partial charge >= 0.3 is 6.18 Å². The Bertz CT molecular complexity index is 387. The molecule has 0 heterocycles. The summed E-state index contributed by atoms with van der Waals surface area (Å²) in [5.74, 6) is 0.409. The van der Waals surface area contributed by atoms with Crippen LogP contribution in [0.4, 0.5) is 13.2 Å². The summed E-state index contributed by atoms with van der Waals surface area (Å²) in [6, 6.07) is 6.99. The highest BCUT2D eigenvalue weighted by molar-refractivity contribution is 5.26. The van der Waals surface area contributed by atoms with Crippen LogP contribution in [0.2, 0.25) is 0 Å². The van der Waals surface area contributed by atoms with E-state index in [0.717, 1.165) is 12.5 Å². The van der Waals surface area contributed by atoms with Crippen molar-refractivity contribution < 1.29 is 17.9 Å². The van der Waals surface area contributed by atoms with E-state index in [-0.39, 0.29) is 6.61 Å². The highest BCUT2D eigenvalue weighted by Gasteiger charge is 2.37. The van der Waals surface area contributed by atoms with Crippen LogP contribution in [0, 0.1) is 0 Å². The van der Waals surface area contributed by atoms with Crippen molar-refractivity contribution in [3.05, 3.63) is 35.4 Å². The molecule has 0 aliphatic carbocycles.